The van der Waals surface area contributed by atoms with Crippen LogP contribution in [0.2, 0.25) is 0 Å². The molecule has 0 saturated heterocycles. The molecule has 1 aromatic rings. The Kier molecular flexibility index (Phi) is 1.61. The van der Waals surface area contributed by atoms with Crippen molar-refractivity contribution in [2.75, 3.05) is 6.79 Å². The Morgan fingerprint density at radius 1 is 1.27 bits per heavy atom. The Balaban J connectivity index is 1.96. The molecule has 1 saturated carbocycles. The monoisotopic (exact) mass is 204 g/mol. The molecule has 3 nitrogen and oxygen atoms in total. The molecule has 78 valence electrons. The normalized spacial score (nSPS) is 20.1. The third kappa shape index (κ3) is 1.30. The summed E-state index contributed by atoms with van der Waals surface area (Å²) in [6, 6.07) is 5.41. The van der Waals surface area contributed by atoms with Crippen molar-refractivity contribution >= 4 is 5.78 Å². The Morgan fingerprint density at radius 2 is 2.00 bits per heavy atom. The van der Waals surface area contributed by atoms with Crippen LogP contribution in [-0.4, -0.2) is 12.6 Å². The van der Waals surface area contributed by atoms with Gasteiger partial charge in [0.2, 0.25) is 6.79 Å². The highest BCUT2D eigenvalue weighted by molar-refractivity contribution is 6.02. The van der Waals surface area contributed by atoms with Crippen LogP contribution in [0, 0.1) is 5.41 Å². The highest BCUT2D eigenvalue weighted by Crippen LogP contribution is 2.48. The number of carbonyl (C=O) groups excluding carboxylic acids is 1. The molecule has 0 aromatic heterocycles. The van der Waals surface area contributed by atoms with Gasteiger partial charge in [-0.3, -0.25) is 4.79 Å². The van der Waals surface area contributed by atoms with E-state index in [0.717, 1.165) is 24.2 Å². The molecule has 1 aliphatic heterocycles. The molecule has 0 amide bonds. The minimum Gasteiger partial charge on any atom is -0.454 e. The van der Waals surface area contributed by atoms with Crippen LogP contribution in [0.1, 0.15) is 30.1 Å². The fourth-order valence-electron chi connectivity index (χ4n) is 1.80. The average Bonchev–Trinajstić information content (AvgIpc) is 2.82. The van der Waals surface area contributed by atoms with Crippen molar-refractivity contribution in [3.63, 3.8) is 0 Å². The molecule has 0 unspecified atom stereocenters. The highest BCUT2D eigenvalue weighted by Gasteiger charge is 2.45. The molecule has 3 heteroatoms. The largest absolute Gasteiger partial charge is 0.454 e. The van der Waals surface area contributed by atoms with Crippen molar-refractivity contribution in [2.24, 2.45) is 5.41 Å². The van der Waals surface area contributed by atoms with Gasteiger partial charge in [-0.1, -0.05) is 6.92 Å². The maximum atomic E-state index is 12.0. The standard InChI is InChI=1S/C12H12O3/c1-12(4-5-12)11(13)8-2-3-9-10(6-8)15-7-14-9/h2-3,6H,4-5,7H2,1H3. The van der Waals surface area contributed by atoms with Crippen molar-refractivity contribution in [2.45, 2.75) is 19.8 Å². The minimum absolute atomic E-state index is 0.117. The summed E-state index contributed by atoms with van der Waals surface area (Å²) < 4.78 is 10.4. The zero-order valence-corrected chi connectivity index (χ0v) is 8.58. The molecule has 1 fully saturated rings. The zero-order valence-electron chi connectivity index (χ0n) is 8.58. The maximum absolute atomic E-state index is 12.0. The zero-order chi connectivity index (χ0) is 10.5. The SMILES string of the molecule is CC1(C(=O)c2ccc3c(c2)OCO3)CC1. The number of fused-ring (bicyclic) bond motifs is 1. The van der Waals surface area contributed by atoms with Crippen molar-refractivity contribution in [3.05, 3.63) is 23.8 Å². The van der Waals surface area contributed by atoms with E-state index in [9.17, 15) is 4.79 Å². The average molecular weight is 204 g/mol. The highest BCUT2D eigenvalue weighted by atomic mass is 16.7. The summed E-state index contributed by atoms with van der Waals surface area (Å²) in [5.41, 5.74) is 0.618. The summed E-state index contributed by atoms with van der Waals surface area (Å²) in [4.78, 5) is 12.0. The number of ketones is 1. The number of hydrogen-bond acceptors (Lipinski definition) is 3. The van der Waals surface area contributed by atoms with E-state index in [4.69, 9.17) is 9.47 Å². The molecule has 1 aliphatic carbocycles. The molecular formula is C12H12O3. The van der Waals surface area contributed by atoms with Gasteiger partial charge in [-0.05, 0) is 31.0 Å². The first kappa shape index (κ1) is 8.77. The molecule has 1 aromatic carbocycles. The fraction of sp³-hybridized carbons (Fsp3) is 0.417. The van der Waals surface area contributed by atoms with E-state index >= 15 is 0 Å². The molecule has 15 heavy (non-hydrogen) atoms. The van der Waals surface area contributed by atoms with Crippen molar-refractivity contribution < 1.29 is 14.3 Å². The molecule has 1 heterocycles. The number of ether oxygens (including phenoxy) is 2. The van der Waals surface area contributed by atoms with Crippen LogP contribution >= 0.6 is 0 Å². The van der Waals surface area contributed by atoms with Gasteiger partial charge < -0.3 is 9.47 Å². The minimum atomic E-state index is -0.117. The Bertz CT molecular complexity index is 432. The van der Waals surface area contributed by atoms with Gasteiger partial charge >= 0.3 is 0 Å². The summed E-state index contributed by atoms with van der Waals surface area (Å²) in [7, 11) is 0. The van der Waals surface area contributed by atoms with Crippen LogP contribution in [0.5, 0.6) is 11.5 Å². The Hall–Kier alpha value is -1.51. The van der Waals surface area contributed by atoms with E-state index in [1.165, 1.54) is 0 Å². The first-order chi connectivity index (χ1) is 7.19. The van der Waals surface area contributed by atoms with Gasteiger partial charge in [-0.2, -0.15) is 0 Å². The third-order valence-corrected chi connectivity index (χ3v) is 3.18. The molecule has 2 aliphatic rings. The van der Waals surface area contributed by atoms with Gasteiger partial charge in [0, 0.05) is 11.0 Å². The second kappa shape index (κ2) is 2.75. The number of benzene rings is 1. The van der Waals surface area contributed by atoms with Crippen LogP contribution in [0.25, 0.3) is 0 Å². The Morgan fingerprint density at radius 3 is 2.73 bits per heavy atom. The van der Waals surface area contributed by atoms with E-state index < -0.39 is 0 Å². The van der Waals surface area contributed by atoms with Crippen LogP contribution in [0.3, 0.4) is 0 Å². The predicted molar refractivity (Wildman–Crippen MR) is 54.2 cm³/mol. The smallest absolute Gasteiger partial charge is 0.231 e. The molecule has 0 spiro atoms. The number of rotatable bonds is 2. The van der Waals surface area contributed by atoms with Crippen LogP contribution < -0.4 is 9.47 Å². The van der Waals surface area contributed by atoms with Crippen molar-refractivity contribution in [3.8, 4) is 11.5 Å². The van der Waals surface area contributed by atoms with Gasteiger partial charge in [0.1, 0.15) is 0 Å². The lowest BCUT2D eigenvalue weighted by Gasteiger charge is -2.07. The lowest BCUT2D eigenvalue weighted by molar-refractivity contribution is 0.0912. The van der Waals surface area contributed by atoms with Crippen molar-refractivity contribution in [1.82, 2.24) is 0 Å². The number of Topliss-reactive ketones (excluding diaryl/α,β-unsaturated/α-hetero) is 1. The summed E-state index contributed by atoms with van der Waals surface area (Å²) in [5, 5.41) is 0. The van der Waals surface area contributed by atoms with Crippen LogP contribution in [0.15, 0.2) is 18.2 Å². The Labute approximate surface area is 88.0 Å². The summed E-state index contributed by atoms with van der Waals surface area (Å²) in [5.74, 6) is 1.64. The second-order valence-electron chi connectivity index (χ2n) is 4.46. The van der Waals surface area contributed by atoms with Gasteiger partial charge in [-0.15, -0.1) is 0 Å². The molecular weight excluding hydrogens is 192 g/mol. The summed E-state index contributed by atoms with van der Waals surface area (Å²) in [6.07, 6.45) is 2.00. The summed E-state index contributed by atoms with van der Waals surface area (Å²) in [6.45, 7) is 2.27. The van der Waals surface area contributed by atoms with E-state index in [1.807, 2.05) is 13.0 Å². The summed E-state index contributed by atoms with van der Waals surface area (Å²) >= 11 is 0. The lowest BCUT2D eigenvalue weighted by Crippen LogP contribution is -2.11. The number of hydrogen-bond donors (Lipinski definition) is 0. The van der Waals surface area contributed by atoms with Crippen LogP contribution in [0.4, 0.5) is 0 Å². The fourth-order valence-corrected chi connectivity index (χ4v) is 1.80. The van der Waals surface area contributed by atoms with Crippen molar-refractivity contribution in [1.29, 1.82) is 0 Å². The molecule has 0 radical (unpaired) electrons. The number of carbonyl (C=O) groups is 1. The van der Waals surface area contributed by atoms with E-state index in [1.54, 1.807) is 12.1 Å². The topological polar surface area (TPSA) is 35.5 Å². The van der Waals surface area contributed by atoms with E-state index in [-0.39, 0.29) is 18.0 Å². The maximum Gasteiger partial charge on any atom is 0.231 e. The van der Waals surface area contributed by atoms with Gasteiger partial charge in [0.25, 0.3) is 0 Å². The first-order valence-electron chi connectivity index (χ1n) is 5.13. The molecule has 0 N–H and O–H groups in total. The molecule has 3 rings (SSSR count). The molecule has 0 bridgehead atoms. The predicted octanol–water partition coefficient (Wildman–Crippen LogP) is 2.40. The first-order valence-corrected chi connectivity index (χ1v) is 5.13. The van der Waals surface area contributed by atoms with Gasteiger partial charge in [0.05, 0.1) is 0 Å². The van der Waals surface area contributed by atoms with Gasteiger partial charge in [0.15, 0.2) is 17.3 Å². The second-order valence-corrected chi connectivity index (χ2v) is 4.46. The molecule has 0 atom stereocenters. The van der Waals surface area contributed by atoms with E-state index in [2.05, 4.69) is 0 Å². The third-order valence-electron chi connectivity index (χ3n) is 3.18. The van der Waals surface area contributed by atoms with Gasteiger partial charge in [-0.25, -0.2) is 0 Å². The quantitative estimate of drug-likeness (QED) is 0.694. The lowest BCUT2D eigenvalue weighted by atomic mass is 9.96. The van der Waals surface area contributed by atoms with E-state index in [0.29, 0.717) is 5.75 Å². The van der Waals surface area contributed by atoms with Crippen LogP contribution in [-0.2, 0) is 0 Å².